The maximum absolute atomic E-state index is 8.99. The normalized spacial score (nSPS) is 15.1. The molecule has 23 heavy (non-hydrogen) atoms. The van der Waals surface area contributed by atoms with Gasteiger partial charge in [-0.2, -0.15) is 0 Å². The molecule has 0 radical (unpaired) electrons. The van der Waals surface area contributed by atoms with E-state index in [4.69, 9.17) is 10.1 Å². The Hall–Kier alpha value is -1.66. The summed E-state index contributed by atoms with van der Waals surface area (Å²) < 4.78 is 0. The minimum absolute atomic E-state index is 0.141. The van der Waals surface area contributed by atoms with Gasteiger partial charge in [0.2, 0.25) is 0 Å². The first-order valence-corrected chi connectivity index (χ1v) is 9.02. The molecule has 2 N–H and O–H groups in total. The van der Waals surface area contributed by atoms with Gasteiger partial charge in [0.25, 0.3) is 0 Å². The van der Waals surface area contributed by atoms with E-state index in [2.05, 4.69) is 17.2 Å². The minimum atomic E-state index is 0.141. The number of fused-ring (bicyclic) bond motifs is 1. The monoisotopic (exact) mass is 332 g/mol. The first-order chi connectivity index (χ1) is 11.2. The van der Waals surface area contributed by atoms with E-state index in [-0.39, 0.29) is 12.6 Å². The zero-order valence-corrected chi connectivity index (χ0v) is 14.6. The second-order valence-corrected chi connectivity index (χ2v) is 7.16. The molecule has 1 atom stereocenters. The number of likely N-dealkylation sites (N-methyl/N-ethyl adjacent to an activating group) is 1. The summed E-state index contributed by atoms with van der Waals surface area (Å²) in [4.78, 5) is 12.7. The lowest BCUT2D eigenvalue weighted by molar-refractivity contribution is 0.304. The fourth-order valence-corrected chi connectivity index (χ4v) is 3.97. The maximum atomic E-state index is 8.99. The van der Waals surface area contributed by atoms with E-state index in [1.54, 1.807) is 0 Å². The summed E-state index contributed by atoms with van der Waals surface area (Å²) in [6.07, 6.45) is 6.70. The van der Waals surface area contributed by atoms with Gasteiger partial charge in [0.1, 0.15) is 10.8 Å². The van der Waals surface area contributed by atoms with Crippen molar-refractivity contribution in [3.63, 3.8) is 0 Å². The van der Waals surface area contributed by atoms with Gasteiger partial charge in [-0.25, -0.2) is 9.97 Å². The van der Waals surface area contributed by atoms with E-state index >= 15 is 0 Å². The molecule has 0 amide bonds. The van der Waals surface area contributed by atoms with Gasteiger partial charge in [-0.1, -0.05) is 0 Å². The van der Waals surface area contributed by atoms with Crippen LogP contribution in [-0.2, 0) is 12.8 Å². The lowest BCUT2D eigenvalue weighted by Gasteiger charge is -2.18. The summed E-state index contributed by atoms with van der Waals surface area (Å²) in [5.74, 6) is 0.854. The van der Waals surface area contributed by atoms with E-state index in [0.29, 0.717) is 6.54 Å². The predicted octanol–water partition coefficient (Wildman–Crippen LogP) is 3.02. The summed E-state index contributed by atoms with van der Waals surface area (Å²) in [6, 6.07) is 4.16. The second-order valence-electron chi connectivity index (χ2n) is 6.04. The van der Waals surface area contributed by atoms with Crippen LogP contribution in [0.25, 0.3) is 0 Å². The van der Waals surface area contributed by atoms with Gasteiger partial charge >= 0.3 is 0 Å². The Morgan fingerprint density at radius 2 is 2.17 bits per heavy atom. The number of aliphatic hydroxyl groups is 1. The number of aryl methyl sites for hydroxylation is 2. The Morgan fingerprint density at radius 1 is 1.35 bits per heavy atom. The minimum Gasteiger partial charge on any atom is -0.395 e. The van der Waals surface area contributed by atoms with Crippen molar-refractivity contribution in [1.82, 2.24) is 9.97 Å². The molecule has 5 nitrogen and oxygen atoms in total. The number of rotatable bonds is 6. The van der Waals surface area contributed by atoms with Crippen molar-refractivity contribution in [1.29, 1.82) is 0 Å². The summed E-state index contributed by atoms with van der Waals surface area (Å²) in [5, 5.41) is 13.6. The lowest BCUT2D eigenvalue weighted by atomic mass is 10.0. The van der Waals surface area contributed by atoms with Crippen LogP contribution in [0, 0.1) is 0 Å². The smallest absolute Gasteiger partial charge is 0.126 e. The number of pyridine rings is 1. The Kier molecular flexibility index (Phi) is 5.13. The van der Waals surface area contributed by atoms with E-state index < -0.39 is 0 Å². The molecule has 0 bridgehead atoms. The number of aliphatic hydroxyl groups excluding tert-OH is 1. The van der Waals surface area contributed by atoms with Crippen LogP contribution in [0.5, 0.6) is 0 Å². The van der Waals surface area contributed by atoms with Crippen molar-refractivity contribution in [3.8, 4) is 0 Å². The molecule has 0 aliphatic heterocycles. The van der Waals surface area contributed by atoms with Crippen molar-refractivity contribution in [2.75, 3.05) is 30.4 Å². The van der Waals surface area contributed by atoms with Crippen LogP contribution in [0.1, 0.15) is 41.4 Å². The molecule has 1 unspecified atom stereocenters. The van der Waals surface area contributed by atoms with Crippen LogP contribution in [0.15, 0.2) is 18.3 Å². The molecular weight excluding hydrogens is 308 g/mol. The highest BCUT2D eigenvalue weighted by atomic mass is 32.1. The quantitative estimate of drug-likeness (QED) is 0.851. The summed E-state index contributed by atoms with van der Waals surface area (Å²) >= 11 is 1.84. The van der Waals surface area contributed by atoms with Gasteiger partial charge < -0.3 is 15.3 Å². The van der Waals surface area contributed by atoms with Gasteiger partial charge in [-0.15, -0.1) is 11.3 Å². The Labute approximate surface area is 141 Å². The third-order valence-electron chi connectivity index (χ3n) is 4.22. The lowest BCUT2D eigenvalue weighted by Crippen LogP contribution is -2.21. The fourth-order valence-electron chi connectivity index (χ4n) is 2.82. The molecular formula is C17H24N4OS. The van der Waals surface area contributed by atoms with E-state index in [9.17, 15) is 0 Å². The number of thiazole rings is 1. The van der Waals surface area contributed by atoms with Crippen LogP contribution in [0.3, 0.4) is 0 Å². The molecule has 0 fully saturated rings. The molecule has 6 heteroatoms. The van der Waals surface area contributed by atoms with Gasteiger partial charge in [0.05, 0.1) is 30.2 Å². The second kappa shape index (κ2) is 7.27. The average molecular weight is 332 g/mol. The molecule has 0 saturated carbocycles. The van der Waals surface area contributed by atoms with Crippen molar-refractivity contribution in [3.05, 3.63) is 33.9 Å². The van der Waals surface area contributed by atoms with Crippen LogP contribution >= 0.6 is 11.3 Å². The Balaban J connectivity index is 1.65. The number of anilines is 2. The Morgan fingerprint density at radius 3 is 2.87 bits per heavy atom. The molecule has 2 aromatic rings. The van der Waals surface area contributed by atoms with Crippen LogP contribution in [-0.4, -0.2) is 35.3 Å². The van der Waals surface area contributed by atoms with Crippen LogP contribution < -0.4 is 10.2 Å². The number of hydrogen-bond acceptors (Lipinski definition) is 6. The van der Waals surface area contributed by atoms with E-state index in [1.807, 2.05) is 41.6 Å². The first-order valence-electron chi connectivity index (χ1n) is 8.20. The van der Waals surface area contributed by atoms with Crippen molar-refractivity contribution >= 4 is 22.8 Å². The highest BCUT2D eigenvalue weighted by Gasteiger charge is 2.18. The predicted molar refractivity (Wildman–Crippen MR) is 95.4 cm³/mol. The zero-order chi connectivity index (χ0) is 16.2. The molecule has 2 heterocycles. The molecule has 124 valence electrons. The van der Waals surface area contributed by atoms with Gasteiger partial charge in [-0.05, 0) is 44.7 Å². The number of aromatic nitrogens is 2. The largest absolute Gasteiger partial charge is 0.395 e. The third-order valence-corrected chi connectivity index (χ3v) is 5.56. The van der Waals surface area contributed by atoms with E-state index in [1.165, 1.54) is 29.8 Å². The Bertz CT molecular complexity index is 617. The van der Waals surface area contributed by atoms with Crippen molar-refractivity contribution in [2.24, 2.45) is 0 Å². The maximum Gasteiger partial charge on any atom is 0.126 e. The topological polar surface area (TPSA) is 61.3 Å². The summed E-state index contributed by atoms with van der Waals surface area (Å²) in [6.45, 7) is 2.88. The van der Waals surface area contributed by atoms with Crippen molar-refractivity contribution < 1.29 is 5.11 Å². The molecule has 3 rings (SSSR count). The molecule has 0 aromatic carbocycles. The SMILES string of the molecule is CC(Nc1ccc(N(C)CCO)cn1)c1nc2c(s1)CCCC2. The van der Waals surface area contributed by atoms with E-state index in [0.717, 1.165) is 22.9 Å². The van der Waals surface area contributed by atoms with Crippen LogP contribution in [0.4, 0.5) is 11.5 Å². The standard InChI is InChI=1S/C17H24N4OS/c1-12(17-20-14-5-3-4-6-15(14)23-17)19-16-8-7-13(11-18-16)21(2)9-10-22/h7-8,11-12,22H,3-6,9-10H2,1-2H3,(H,18,19). The summed E-state index contributed by atoms with van der Waals surface area (Å²) in [7, 11) is 1.95. The van der Waals surface area contributed by atoms with Gasteiger partial charge in [0, 0.05) is 18.5 Å². The van der Waals surface area contributed by atoms with Crippen molar-refractivity contribution in [2.45, 2.75) is 38.6 Å². The van der Waals surface area contributed by atoms with Gasteiger partial charge in [0.15, 0.2) is 0 Å². The number of nitrogens with one attached hydrogen (secondary N) is 1. The fraction of sp³-hybridized carbons (Fsp3) is 0.529. The molecule has 0 spiro atoms. The molecule has 1 aliphatic rings. The van der Waals surface area contributed by atoms with Gasteiger partial charge in [-0.3, -0.25) is 0 Å². The highest BCUT2D eigenvalue weighted by Crippen LogP contribution is 2.31. The molecule has 2 aromatic heterocycles. The van der Waals surface area contributed by atoms with Crippen LogP contribution in [0.2, 0.25) is 0 Å². The third kappa shape index (κ3) is 3.82. The molecule has 1 aliphatic carbocycles. The average Bonchev–Trinajstić information content (AvgIpc) is 3.00. The highest BCUT2D eigenvalue weighted by molar-refractivity contribution is 7.11. The number of nitrogens with zero attached hydrogens (tertiary/aromatic N) is 3. The first kappa shape index (κ1) is 16.2. The summed E-state index contributed by atoms with van der Waals surface area (Å²) in [5.41, 5.74) is 2.31. The number of hydrogen-bond donors (Lipinski definition) is 2. The molecule has 0 saturated heterocycles. The zero-order valence-electron chi connectivity index (χ0n) is 13.7.